The molecule has 0 saturated carbocycles. The second-order valence-corrected chi connectivity index (χ2v) is 1.83. The van der Waals surface area contributed by atoms with Gasteiger partial charge in [-0.25, -0.2) is 4.98 Å². The van der Waals surface area contributed by atoms with Gasteiger partial charge in [0, 0.05) is 0 Å². The Morgan fingerprint density at radius 3 is 3.25 bits per heavy atom. The molecule has 0 amide bonds. The van der Waals surface area contributed by atoms with E-state index in [1.54, 1.807) is 12.5 Å². The van der Waals surface area contributed by atoms with Gasteiger partial charge in [0.25, 0.3) is 0 Å². The van der Waals surface area contributed by atoms with Crippen molar-refractivity contribution in [1.29, 1.82) is 0 Å². The summed E-state index contributed by atoms with van der Waals surface area (Å²) in [5.74, 6) is 0. The van der Waals surface area contributed by atoms with Gasteiger partial charge >= 0.3 is 0 Å². The lowest BCUT2D eigenvalue weighted by molar-refractivity contribution is 0.412. The van der Waals surface area contributed by atoms with Gasteiger partial charge in [0.15, 0.2) is 0 Å². The minimum atomic E-state index is 0.317. The topological polar surface area (TPSA) is 41.2 Å². The second kappa shape index (κ2) is 1.32. The molecule has 0 aromatic carbocycles. The van der Waals surface area contributed by atoms with Crippen LogP contribution in [0.15, 0.2) is 12.5 Å². The minimum Gasteiger partial charge on any atom is -0.366 e. The summed E-state index contributed by atoms with van der Waals surface area (Å²) in [5.41, 5.74) is 1.09. The third-order valence-electron chi connectivity index (χ3n) is 1.20. The summed E-state index contributed by atoms with van der Waals surface area (Å²) in [5, 5.41) is 0. The van der Waals surface area contributed by atoms with Crippen molar-refractivity contribution in [2.75, 3.05) is 6.61 Å². The van der Waals surface area contributed by atoms with Crippen molar-refractivity contribution >= 4 is 0 Å². The molecule has 8 heavy (non-hydrogen) atoms. The molecule has 3 nitrogen and oxygen atoms in total. The quantitative estimate of drug-likeness (QED) is 0.534. The van der Waals surface area contributed by atoms with Gasteiger partial charge in [0.1, 0.15) is 6.10 Å². The fourth-order valence-corrected chi connectivity index (χ4v) is 0.670. The summed E-state index contributed by atoms with van der Waals surface area (Å²) in [7, 11) is 0. The van der Waals surface area contributed by atoms with Gasteiger partial charge in [0.05, 0.1) is 24.8 Å². The third-order valence-corrected chi connectivity index (χ3v) is 1.20. The van der Waals surface area contributed by atoms with E-state index in [1.807, 2.05) is 0 Å². The van der Waals surface area contributed by atoms with Gasteiger partial charge in [-0.1, -0.05) is 0 Å². The number of imidazole rings is 1. The minimum absolute atomic E-state index is 0.317. The Hall–Kier alpha value is -0.830. The maximum Gasteiger partial charge on any atom is 0.122 e. The first-order valence-electron chi connectivity index (χ1n) is 2.57. The van der Waals surface area contributed by atoms with Crippen LogP contribution in [0.3, 0.4) is 0 Å². The number of H-pyrrole nitrogens is 1. The number of nitrogens with zero attached hydrogens (tertiary/aromatic N) is 1. The standard InChI is InChI=1S/C5H6N2O/c1-4(5-2-8-5)7-3-6-1/h1,3,5H,2H2,(H,6,7)/t5-/m1/s1. The Labute approximate surface area is 46.7 Å². The van der Waals surface area contributed by atoms with Crippen LogP contribution in [-0.2, 0) is 4.74 Å². The number of rotatable bonds is 1. The van der Waals surface area contributed by atoms with Crippen molar-refractivity contribution in [1.82, 2.24) is 9.97 Å². The van der Waals surface area contributed by atoms with Crippen LogP contribution in [0.1, 0.15) is 11.8 Å². The average molecular weight is 110 g/mol. The molecule has 3 heteroatoms. The summed E-state index contributed by atoms with van der Waals surface area (Å²) >= 11 is 0. The number of hydrogen-bond acceptors (Lipinski definition) is 2. The molecule has 2 heterocycles. The average Bonchev–Trinajstić information content (AvgIpc) is 2.49. The monoisotopic (exact) mass is 110 g/mol. The van der Waals surface area contributed by atoms with E-state index in [9.17, 15) is 0 Å². The van der Waals surface area contributed by atoms with Crippen LogP contribution in [0.2, 0.25) is 0 Å². The first-order valence-corrected chi connectivity index (χ1v) is 2.57. The van der Waals surface area contributed by atoms with Gasteiger partial charge in [-0.2, -0.15) is 0 Å². The SMILES string of the molecule is c1ncc([C@H]2CO2)[nH]1. The van der Waals surface area contributed by atoms with Crippen LogP contribution in [-0.4, -0.2) is 16.6 Å². The number of epoxide rings is 1. The predicted molar refractivity (Wildman–Crippen MR) is 27.3 cm³/mol. The van der Waals surface area contributed by atoms with Crippen molar-refractivity contribution in [3.05, 3.63) is 18.2 Å². The maximum absolute atomic E-state index is 4.98. The van der Waals surface area contributed by atoms with Gasteiger partial charge < -0.3 is 9.72 Å². The number of nitrogens with one attached hydrogen (secondary N) is 1. The smallest absolute Gasteiger partial charge is 0.122 e. The zero-order valence-electron chi connectivity index (χ0n) is 4.29. The normalized spacial score (nSPS) is 25.8. The molecule has 1 fully saturated rings. The summed E-state index contributed by atoms with van der Waals surface area (Å²) in [6.07, 6.45) is 3.77. The van der Waals surface area contributed by atoms with E-state index in [4.69, 9.17) is 4.74 Å². The summed E-state index contributed by atoms with van der Waals surface area (Å²) in [6.45, 7) is 0.849. The van der Waals surface area contributed by atoms with E-state index in [-0.39, 0.29) is 0 Å². The van der Waals surface area contributed by atoms with Crippen LogP contribution < -0.4 is 0 Å². The molecule has 0 bridgehead atoms. The second-order valence-electron chi connectivity index (χ2n) is 1.83. The third kappa shape index (κ3) is 0.518. The lowest BCUT2D eigenvalue weighted by Gasteiger charge is -1.79. The van der Waals surface area contributed by atoms with E-state index < -0.39 is 0 Å². The Morgan fingerprint density at radius 2 is 2.75 bits per heavy atom. The van der Waals surface area contributed by atoms with E-state index in [0.717, 1.165) is 12.3 Å². The molecule has 0 aliphatic carbocycles. The van der Waals surface area contributed by atoms with Gasteiger partial charge in [-0.15, -0.1) is 0 Å². The maximum atomic E-state index is 4.98. The van der Waals surface area contributed by atoms with E-state index in [2.05, 4.69) is 9.97 Å². The molecule has 2 rings (SSSR count). The highest BCUT2D eigenvalue weighted by Gasteiger charge is 2.25. The summed E-state index contributed by atoms with van der Waals surface area (Å²) < 4.78 is 4.98. The van der Waals surface area contributed by atoms with E-state index in [1.165, 1.54) is 0 Å². The van der Waals surface area contributed by atoms with E-state index in [0.29, 0.717) is 6.10 Å². The Bertz CT molecular complexity index is 167. The van der Waals surface area contributed by atoms with Crippen LogP contribution in [0.25, 0.3) is 0 Å². The van der Waals surface area contributed by atoms with Gasteiger partial charge in [0.2, 0.25) is 0 Å². The molecule has 1 aliphatic heterocycles. The number of hydrogen-bond donors (Lipinski definition) is 1. The number of aromatic amines is 1. The molecule has 0 spiro atoms. The Kier molecular flexibility index (Phi) is 0.676. The molecular weight excluding hydrogens is 104 g/mol. The van der Waals surface area contributed by atoms with Crippen LogP contribution in [0.5, 0.6) is 0 Å². The number of ether oxygens (including phenoxy) is 1. The number of aromatic nitrogens is 2. The van der Waals surface area contributed by atoms with Crippen molar-refractivity contribution in [2.24, 2.45) is 0 Å². The molecule has 1 N–H and O–H groups in total. The van der Waals surface area contributed by atoms with Crippen molar-refractivity contribution in [3.8, 4) is 0 Å². The first-order chi connectivity index (χ1) is 3.97. The highest BCUT2D eigenvalue weighted by atomic mass is 16.6. The van der Waals surface area contributed by atoms with Crippen LogP contribution in [0.4, 0.5) is 0 Å². The lowest BCUT2D eigenvalue weighted by Crippen LogP contribution is -1.75. The molecule has 1 aromatic heterocycles. The molecule has 0 unspecified atom stereocenters. The Morgan fingerprint density at radius 1 is 1.88 bits per heavy atom. The first kappa shape index (κ1) is 4.09. The zero-order valence-corrected chi connectivity index (χ0v) is 4.29. The lowest BCUT2D eigenvalue weighted by atomic mass is 10.4. The molecule has 1 aromatic rings. The van der Waals surface area contributed by atoms with Gasteiger partial charge in [-0.05, 0) is 0 Å². The van der Waals surface area contributed by atoms with Crippen LogP contribution >= 0.6 is 0 Å². The molecule has 1 saturated heterocycles. The largest absolute Gasteiger partial charge is 0.366 e. The fraction of sp³-hybridized carbons (Fsp3) is 0.400. The zero-order chi connectivity index (χ0) is 5.40. The highest BCUT2D eigenvalue weighted by molar-refractivity contribution is 5.03. The van der Waals surface area contributed by atoms with Gasteiger partial charge in [-0.3, -0.25) is 0 Å². The summed E-state index contributed by atoms with van der Waals surface area (Å²) in [6, 6.07) is 0. The van der Waals surface area contributed by atoms with Crippen molar-refractivity contribution in [3.63, 3.8) is 0 Å². The predicted octanol–water partition coefficient (Wildman–Crippen LogP) is 0.481. The molecule has 1 atom stereocenters. The molecule has 0 radical (unpaired) electrons. The fourth-order valence-electron chi connectivity index (χ4n) is 0.670. The Balaban J connectivity index is 2.28. The summed E-state index contributed by atoms with van der Waals surface area (Å²) in [4.78, 5) is 6.81. The molecule has 42 valence electrons. The van der Waals surface area contributed by atoms with Crippen molar-refractivity contribution < 1.29 is 4.74 Å². The van der Waals surface area contributed by atoms with Crippen LogP contribution in [0, 0.1) is 0 Å². The molecule has 1 aliphatic rings. The highest BCUT2D eigenvalue weighted by Crippen LogP contribution is 2.26. The molecular formula is C5H6N2O. The van der Waals surface area contributed by atoms with E-state index >= 15 is 0 Å². The van der Waals surface area contributed by atoms with Crippen molar-refractivity contribution in [2.45, 2.75) is 6.10 Å².